The molecule has 2 aliphatic rings. The number of hydrogen-bond donors (Lipinski definition) is 1. The van der Waals surface area contributed by atoms with Crippen LogP contribution in [0.3, 0.4) is 0 Å². The lowest BCUT2D eigenvalue weighted by atomic mass is 10.0. The molecule has 0 saturated carbocycles. The number of likely N-dealkylation sites (N-methyl/N-ethyl adjacent to an activating group) is 1. The van der Waals surface area contributed by atoms with E-state index in [4.69, 9.17) is 4.74 Å². The molecule has 2 heterocycles. The lowest BCUT2D eigenvalue weighted by Gasteiger charge is -2.35. The van der Waals surface area contributed by atoms with E-state index in [1.807, 2.05) is 36.2 Å². The van der Waals surface area contributed by atoms with Crippen molar-refractivity contribution < 1.29 is 9.53 Å². The Balaban J connectivity index is 1.54. The van der Waals surface area contributed by atoms with Gasteiger partial charge in [0.1, 0.15) is 5.75 Å². The number of benzene rings is 1. The number of nitrogens with zero attached hydrogens (tertiary/aromatic N) is 3. The Labute approximate surface area is 150 Å². The van der Waals surface area contributed by atoms with E-state index in [2.05, 4.69) is 22.2 Å². The number of ether oxygens (including phenoxy) is 1. The summed E-state index contributed by atoms with van der Waals surface area (Å²) >= 11 is 0. The van der Waals surface area contributed by atoms with Crippen molar-refractivity contribution in [1.82, 2.24) is 14.7 Å². The highest BCUT2D eigenvalue weighted by Crippen LogP contribution is 2.25. The quantitative estimate of drug-likeness (QED) is 0.909. The zero-order valence-corrected chi connectivity index (χ0v) is 15.6. The standard InChI is InChI=1S/C19H30N4O2/c1-21-11-8-15(9-12-21)23-13-10-16(14-23)22(2)19(24)20-17-6-4-5-7-18(17)25-3/h4-7,15-16H,8-14H2,1-3H3,(H,20,24)/t16-/m0/s1. The summed E-state index contributed by atoms with van der Waals surface area (Å²) in [4.78, 5) is 19.4. The molecule has 3 rings (SSSR count). The maximum atomic E-state index is 12.6. The molecule has 1 aromatic rings. The fraction of sp³-hybridized carbons (Fsp3) is 0.632. The summed E-state index contributed by atoms with van der Waals surface area (Å²) in [5, 5.41) is 2.98. The third-order valence-electron chi connectivity index (χ3n) is 5.62. The van der Waals surface area contributed by atoms with Crippen LogP contribution in [0.25, 0.3) is 0 Å². The molecule has 2 saturated heterocycles. The lowest BCUT2D eigenvalue weighted by molar-refractivity contribution is 0.135. The van der Waals surface area contributed by atoms with Crippen LogP contribution in [0.5, 0.6) is 5.75 Å². The van der Waals surface area contributed by atoms with Crippen LogP contribution in [-0.4, -0.2) is 80.2 Å². The van der Waals surface area contributed by atoms with Crippen LogP contribution in [0.2, 0.25) is 0 Å². The average molecular weight is 346 g/mol. The normalized spacial score (nSPS) is 22.8. The molecule has 6 heteroatoms. The molecule has 0 unspecified atom stereocenters. The Hall–Kier alpha value is -1.79. The molecular formula is C19H30N4O2. The van der Waals surface area contributed by atoms with Gasteiger partial charge in [0, 0.05) is 32.2 Å². The number of methoxy groups -OCH3 is 1. The second-order valence-corrected chi connectivity index (χ2v) is 7.21. The number of nitrogens with one attached hydrogen (secondary N) is 1. The van der Waals surface area contributed by atoms with Crippen LogP contribution >= 0.6 is 0 Å². The van der Waals surface area contributed by atoms with Crippen molar-refractivity contribution >= 4 is 11.7 Å². The van der Waals surface area contributed by atoms with Crippen molar-refractivity contribution in [1.29, 1.82) is 0 Å². The molecule has 6 nitrogen and oxygen atoms in total. The predicted molar refractivity (Wildman–Crippen MR) is 100 cm³/mol. The van der Waals surface area contributed by atoms with Gasteiger partial charge in [-0.3, -0.25) is 4.90 Å². The van der Waals surface area contributed by atoms with Gasteiger partial charge in [-0.15, -0.1) is 0 Å². The molecular weight excluding hydrogens is 316 g/mol. The van der Waals surface area contributed by atoms with Gasteiger partial charge in [0.25, 0.3) is 0 Å². The van der Waals surface area contributed by atoms with Gasteiger partial charge in [-0.2, -0.15) is 0 Å². The minimum absolute atomic E-state index is 0.0697. The summed E-state index contributed by atoms with van der Waals surface area (Å²) in [6.45, 7) is 4.42. The highest BCUT2D eigenvalue weighted by molar-refractivity contribution is 5.91. The van der Waals surface area contributed by atoms with Crippen molar-refractivity contribution in [2.45, 2.75) is 31.3 Å². The van der Waals surface area contributed by atoms with E-state index in [9.17, 15) is 4.79 Å². The van der Waals surface area contributed by atoms with E-state index < -0.39 is 0 Å². The Morgan fingerprint density at radius 1 is 1.20 bits per heavy atom. The van der Waals surface area contributed by atoms with Crippen molar-refractivity contribution in [2.24, 2.45) is 0 Å². The van der Waals surface area contributed by atoms with Crippen molar-refractivity contribution in [3.63, 3.8) is 0 Å². The van der Waals surface area contributed by atoms with Crippen molar-refractivity contribution in [3.8, 4) is 5.75 Å². The molecule has 1 aromatic carbocycles. The van der Waals surface area contributed by atoms with E-state index in [0.29, 0.717) is 17.5 Å². The van der Waals surface area contributed by atoms with Gasteiger partial charge in [-0.05, 0) is 51.5 Å². The summed E-state index contributed by atoms with van der Waals surface area (Å²) in [6, 6.07) is 8.39. The first-order valence-electron chi connectivity index (χ1n) is 9.18. The molecule has 1 N–H and O–H groups in total. The maximum absolute atomic E-state index is 12.6. The van der Waals surface area contributed by atoms with Crippen molar-refractivity contribution in [3.05, 3.63) is 24.3 Å². The van der Waals surface area contributed by atoms with E-state index in [1.165, 1.54) is 25.9 Å². The number of piperidine rings is 1. The molecule has 0 radical (unpaired) electrons. The topological polar surface area (TPSA) is 48.1 Å². The SMILES string of the molecule is COc1ccccc1NC(=O)N(C)[C@H]1CCN(C2CCN(C)CC2)C1. The number of para-hydroxylation sites is 2. The number of carbonyl (C=O) groups is 1. The van der Waals surface area contributed by atoms with E-state index in [-0.39, 0.29) is 12.1 Å². The van der Waals surface area contributed by atoms with Crippen molar-refractivity contribution in [2.75, 3.05) is 52.7 Å². The van der Waals surface area contributed by atoms with Gasteiger partial charge in [0.2, 0.25) is 0 Å². The van der Waals surface area contributed by atoms with Gasteiger partial charge in [0.05, 0.1) is 12.8 Å². The highest BCUT2D eigenvalue weighted by atomic mass is 16.5. The largest absolute Gasteiger partial charge is 0.495 e. The molecule has 2 fully saturated rings. The summed E-state index contributed by atoms with van der Waals surface area (Å²) in [7, 11) is 5.71. The van der Waals surface area contributed by atoms with Gasteiger partial charge in [-0.1, -0.05) is 12.1 Å². The van der Waals surface area contributed by atoms with Crippen LogP contribution in [0.15, 0.2) is 24.3 Å². The minimum Gasteiger partial charge on any atom is -0.495 e. The second kappa shape index (κ2) is 8.06. The summed E-state index contributed by atoms with van der Waals surface area (Å²) < 4.78 is 5.31. The van der Waals surface area contributed by atoms with E-state index in [1.54, 1.807) is 7.11 Å². The summed E-state index contributed by atoms with van der Waals surface area (Å²) in [6.07, 6.45) is 3.52. The lowest BCUT2D eigenvalue weighted by Crippen LogP contribution is -2.45. The zero-order chi connectivity index (χ0) is 17.8. The smallest absolute Gasteiger partial charge is 0.321 e. The zero-order valence-electron chi connectivity index (χ0n) is 15.6. The fourth-order valence-corrected chi connectivity index (χ4v) is 3.89. The van der Waals surface area contributed by atoms with Crippen LogP contribution in [0, 0.1) is 0 Å². The molecule has 1 atom stereocenters. The molecule has 2 aliphatic heterocycles. The summed E-state index contributed by atoms with van der Waals surface area (Å²) in [5.74, 6) is 0.684. The molecule has 0 aromatic heterocycles. The molecule has 0 spiro atoms. The predicted octanol–water partition coefficient (Wildman–Crippen LogP) is 2.33. The minimum atomic E-state index is -0.0697. The van der Waals surface area contributed by atoms with Crippen LogP contribution in [0.1, 0.15) is 19.3 Å². The van der Waals surface area contributed by atoms with Crippen LogP contribution in [0.4, 0.5) is 10.5 Å². The Morgan fingerprint density at radius 2 is 1.92 bits per heavy atom. The third kappa shape index (κ3) is 4.25. The first-order chi connectivity index (χ1) is 12.1. The average Bonchev–Trinajstić information content (AvgIpc) is 3.12. The number of rotatable bonds is 4. The van der Waals surface area contributed by atoms with Gasteiger partial charge < -0.3 is 19.9 Å². The third-order valence-corrected chi connectivity index (χ3v) is 5.62. The Kier molecular flexibility index (Phi) is 5.81. The monoisotopic (exact) mass is 346 g/mol. The maximum Gasteiger partial charge on any atom is 0.321 e. The number of carbonyl (C=O) groups excluding carboxylic acids is 1. The number of urea groups is 1. The molecule has 0 aliphatic carbocycles. The van der Waals surface area contributed by atoms with Gasteiger partial charge >= 0.3 is 6.03 Å². The number of amides is 2. The highest BCUT2D eigenvalue weighted by Gasteiger charge is 2.33. The Bertz CT molecular complexity index is 587. The van der Waals surface area contributed by atoms with Gasteiger partial charge in [-0.25, -0.2) is 4.79 Å². The first-order valence-corrected chi connectivity index (χ1v) is 9.18. The summed E-state index contributed by atoms with van der Waals surface area (Å²) in [5.41, 5.74) is 0.715. The molecule has 138 valence electrons. The van der Waals surface area contributed by atoms with Crippen LogP contribution < -0.4 is 10.1 Å². The van der Waals surface area contributed by atoms with E-state index >= 15 is 0 Å². The fourth-order valence-electron chi connectivity index (χ4n) is 3.89. The first kappa shape index (κ1) is 18.0. The van der Waals surface area contributed by atoms with Gasteiger partial charge in [0.15, 0.2) is 0 Å². The Morgan fingerprint density at radius 3 is 2.64 bits per heavy atom. The number of hydrogen-bond acceptors (Lipinski definition) is 4. The number of anilines is 1. The molecule has 0 bridgehead atoms. The second-order valence-electron chi connectivity index (χ2n) is 7.21. The number of likely N-dealkylation sites (tertiary alicyclic amines) is 2. The molecule has 25 heavy (non-hydrogen) atoms. The molecule has 2 amide bonds. The van der Waals surface area contributed by atoms with E-state index in [0.717, 1.165) is 19.5 Å². The van der Waals surface area contributed by atoms with Crippen LogP contribution in [-0.2, 0) is 0 Å².